The van der Waals surface area contributed by atoms with Gasteiger partial charge in [0.1, 0.15) is 0 Å². The second kappa shape index (κ2) is 12.0. The van der Waals surface area contributed by atoms with E-state index in [-0.39, 0.29) is 17.0 Å². The number of amides is 1. The highest BCUT2D eigenvalue weighted by atomic mass is 32.2. The number of carbonyl (C=O) groups is 1. The van der Waals surface area contributed by atoms with E-state index in [1.54, 1.807) is 24.3 Å². The van der Waals surface area contributed by atoms with Crippen LogP contribution in [-0.4, -0.2) is 43.2 Å². The highest BCUT2D eigenvalue weighted by molar-refractivity contribution is 7.87. The average molecular weight is 547 g/mol. The molecule has 5 N–H and O–H groups in total. The number of nitrogens with two attached hydrogens (primary N) is 1. The number of thiazole rings is 1. The number of anilines is 1. The number of nitrogens with one attached hydrogen (secondary N) is 2. The molecule has 0 fully saturated rings. The number of aromatic nitrogens is 1. The van der Waals surface area contributed by atoms with E-state index in [0.29, 0.717) is 12.8 Å². The quantitative estimate of drug-likeness (QED) is 0.278. The second-order valence-corrected chi connectivity index (χ2v) is 12.0. The number of hydrogen-bond donors (Lipinski definition) is 4. The summed E-state index contributed by atoms with van der Waals surface area (Å²) in [7, 11) is -3.05. The summed E-state index contributed by atoms with van der Waals surface area (Å²) in [6, 6.07) is 15.5. The Kier molecular flexibility index (Phi) is 9.30. The van der Waals surface area contributed by atoms with Crippen LogP contribution < -0.4 is 15.8 Å². The average Bonchev–Trinajstić information content (AvgIpc) is 3.33. The molecule has 1 aromatic heterocycles. The first-order valence-corrected chi connectivity index (χ1v) is 14.1. The number of methoxy groups -OCH3 is 1. The molecule has 200 valence electrons. The molecule has 9 nitrogen and oxygen atoms in total. The normalized spacial score (nSPS) is 14.4. The highest BCUT2D eigenvalue weighted by Crippen LogP contribution is 2.32. The second-order valence-electron chi connectivity index (χ2n) is 9.92. The molecule has 3 aromatic rings. The molecular formula is C26H34N4O5S2. The zero-order chi connectivity index (χ0) is 27.2. The molecular weight excluding hydrogens is 512 g/mol. The van der Waals surface area contributed by atoms with Crippen molar-refractivity contribution in [2.45, 2.75) is 57.0 Å². The van der Waals surface area contributed by atoms with Gasteiger partial charge in [-0.2, -0.15) is 8.42 Å². The first kappa shape index (κ1) is 28.6. The number of carbonyl (C=O) groups excluding carboxylic acids is 1. The fraction of sp³-hybridized carbons (Fsp3) is 0.385. The molecule has 3 rings (SSSR count). The van der Waals surface area contributed by atoms with Gasteiger partial charge in [-0.1, -0.05) is 63.2 Å². The van der Waals surface area contributed by atoms with Gasteiger partial charge in [-0.3, -0.25) is 9.27 Å². The van der Waals surface area contributed by atoms with Crippen LogP contribution in [-0.2, 0) is 33.3 Å². The maximum Gasteiger partial charge on any atom is 0.407 e. The number of nitrogens with zero attached hydrogens (tertiary/aromatic N) is 1. The monoisotopic (exact) mass is 546 g/mol. The predicted octanol–water partition coefficient (Wildman–Crippen LogP) is 4.28. The van der Waals surface area contributed by atoms with Crippen molar-refractivity contribution in [3.8, 4) is 0 Å². The minimum atomic E-state index is -4.37. The summed E-state index contributed by atoms with van der Waals surface area (Å²) in [4.78, 5) is 17.2. The lowest BCUT2D eigenvalue weighted by Gasteiger charge is -2.31. The van der Waals surface area contributed by atoms with Crippen LogP contribution in [0.4, 0.5) is 10.5 Å². The molecule has 3 atom stereocenters. The van der Waals surface area contributed by atoms with Crippen LogP contribution in [0.25, 0.3) is 0 Å². The summed E-state index contributed by atoms with van der Waals surface area (Å²) in [6.45, 7) is 6.29. The van der Waals surface area contributed by atoms with Gasteiger partial charge in [0.05, 0.1) is 29.5 Å². The van der Waals surface area contributed by atoms with Crippen LogP contribution in [0.15, 0.2) is 60.0 Å². The molecule has 0 radical (unpaired) electrons. The number of rotatable bonds is 10. The van der Waals surface area contributed by atoms with Gasteiger partial charge in [-0.15, -0.1) is 11.3 Å². The van der Waals surface area contributed by atoms with E-state index in [9.17, 15) is 13.2 Å². The first-order valence-electron chi connectivity index (χ1n) is 11.8. The van der Waals surface area contributed by atoms with Crippen LogP contribution in [0, 0.1) is 0 Å². The Morgan fingerprint density at radius 2 is 1.70 bits per heavy atom. The smallest absolute Gasteiger partial charge is 0.407 e. The Balaban J connectivity index is 1.96. The molecule has 0 bridgehead atoms. The Labute approximate surface area is 222 Å². The van der Waals surface area contributed by atoms with Gasteiger partial charge in [0, 0.05) is 22.8 Å². The highest BCUT2D eigenvalue weighted by Gasteiger charge is 2.32. The molecule has 0 aliphatic heterocycles. The molecule has 1 amide bonds. The molecule has 0 aliphatic carbocycles. The maximum atomic E-state index is 12.2. The Morgan fingerprint density at radius 1 is 1.08 bits per heavy atom. The largest absolute Gasteiger partial charge is 0.453 e. The zero-order valence-electron chi connectivity index (χ0n) is 21.3. The maximum absolute atomic E-state index is 12.2. The van der Waals surface area contributed by atoms with Gasteiger partial charge < -0.3 is 15.8 Å². The third kappa shape index (κ3) is 8.53. The summed E-state index contributed by atoms with van der Waals surface area (Å²) in [5.74, 6) is -0.257. The van der Waals surface area contributed by atoms with Gasteiger partial charge in [-0.05, 0) is 36.1 Å². The summed E-state index contributed by atoms with van der Waals surface area (Å²) >= 11 is 1.53. The minimum absolute atomic E-state index is 0.139. The van der Waals surface area contributed by atoms with E-state index < -0.39 is 28.5 Å². The van der Waals surface area contributed by atoms with Crippen molar-refractivity contribution < 1.29 is 22.5 Å². The molecule has 11 heteroatoms. The van der Waals surface area contributed by atoms with E-state index in [2.05, 4.69) is 26.1 Å². The lowest BCUT2D eigenvalue weighted by atomic mass is 9.86. The van der Waals surface area contributed by atoms with Gasteiger partial charge in [0.25, 0.3) is 0 Å². The number of ether oxygens (including phenoxy) is 1. The van der Waals surface area contributed by atoms with E-state index in [1.807, 2.05) is 40.4 Å². The van der Waals surface area contributed by atoms with Crippen molar-refractivity contribution in [3.63, 3.8) is 0 Å². The van der Waals surface area contributed by atoms with Crippen LogP contribution in [0.5, 0.6) is 0 Å². The lowest BCUT2D eigenvalue weighted by Crippen LogP contribution is -2.52. The Hall–Kier alpha value is -2.99. The SMILES string of the molecule is COC(=O)N[C@@H](Cc1ccccc1)C(N)[C@H](Cc1ccc(NS(=O)(=O)O)cc1)c1nc(C(C)(C)C)cs1. The molecule has 1 heterocycles. The van der Waals surface area contributed by atoms with Crippen LogP contribution in [0.3, 0.4) is 0 Å². The first-order chi connectivity index (χ1) is 17.4. The van der Waals surface area contributed by atoms with E-state index in [4.69, 9.17) is 20.0 Å². The predicted molar refractivity (Wildman–Crippen MR) is 146 cm³/mol. The van der Waals surface area contributed by atoms with Crippen LogP contribution in [0.1, 0.15) is 48.5 Å². The Morgan fingerprint density at radius 3 is 2.24 bits per heavy atom. The van der Waals surface area contributed by atoms with Crippen LogP contribution in [0.2, 0.25) is 0 Å². The van der Waals surface area contributed by atoms with E-state index in [1.165, 1.54) is 18.4 Å². The van der Waals surface area contributed by atoms with Crippen molar-refractivity contribution in [3.05, 3.63) is 81.8 Å². The van der Waals surface area contributed by atoms with Crippen molar-refractivity contribution >= 4 is 33.4 Å². The van der Waals surface area contributed by atoms with E-state index in [0.717, 1.165) is 21.8 Å². The standard InChI is InChI=1S/C26H34N4O5S2/c1-26(2,3)22-16-36-24(29-22)20(14-18-10-12-19(13-11-18)30-37(32,33)34)23(27)21(28-25(31)35-4)15-17-8-6-5-7-9-17/h5-13,16,20-21,23,30H,14-15,27H2,1-4H3,(H,28,31)(H,32,33,34)/t20-,21-,23?/m0/s1. The third-order valence-corrected chi connectivity index (χ3v) is 7.45. The van der Waals surface area contributed by atoms with E-state index >= 15 is 0 Å². The summed E-state index contributed by atoms with van der Waals surface area (Å²) in [5, 5.41) is 5.79. The van der Waals surface area contributed by atoms with Crippen molar-refractivity contribution in [1.82, 2.24) is 10.3 Å². The number of hydrogen-bond acceptors (Lipinski definition) is 7. The molecule has 1 unspecified atom stereocenters. The van der Waals surface area contributed by atoms with Gasteiger partial charge in [-0.25, -0.2) is 9.78 Å². The van der Waals surface area contributed by atoms with Crippen molar-refractivity contribution in [2.75, 3.05) is 11.8 Å². The minimum Gasteiger partial charge on any atom is -0.453 e. The van der Waals surface area contributed by atoms with Crippen molar-refractivity contribution in [1.29, 1.82) is 0 Å². The van der Waals surface area contributed by atoms with Gasteiger partial charge >= 0.3 is 16.4 Å². The summed E-state index contributed by atoms with van der Waals surface area (Å²) in [5.41, 5.74) is 9.87. The topological polar surface area (TPSA) is 144 Å². The zero-order valence-corrected chi connectivity index (χ0v) is 23.0. The molecule has 0 saturated carbocycles. The molecule has 2 aromatic carbocycles. The molecule has 0 spiro atoms. The number of benzene rings is 2. The van der Waals surface area contributed by atoms with Gasteiger partial charge in [0.2, 0.25) is 0 Å². The van der Waals surface area contributed by atoms with Gasteiger partial charge in [0.15, 0.2) is 0 Å². The molecule has 0 saturated heterocycles. The summed E-state index contributed by atoms with van der Waals surface area (Å²) < 4.78 is 38.2. The fourth-order valence-corrected chi connectivity index (χ4v) is 5.58. The Bertz CT molecular complexity index is 1270. The third-order valence-electron chi connectivity index (χ3n) is 5.98. The molecule has 37 heavy (non-hydrogen) atoms. The lowest BCUT2D eigenvalue weighted by molar-refractivity contribution is 0.163. The molecule has 0 aliphatic rings. The fourth-order valence-electron chi connectivity index (χ4n) is 3.94. The summed E-state index contributed by atoms with van der Waals surface area (Å²) in [6.07, 6.45) is 0.436. The van der Waals surface area contributed by atoms with Crippen molar-refractivity contribution in [2.24, 2.45) is 5.73 Å². The number of alkyl carbamates (subject to hydrolysis) is 1. The van der Waals surface area contributed by atoms with Crippen LogP contribution >= 0.6 is 11.3 Å².